The molecule has 0 unspecified atom stereocenters. The molecule has 1 aliphatic heterocycles. The maximum Gasteiger partial charge on any atom is 0.0635 e. The van der Waals surface area contributed by atoms with Crippen LogP contribution in [-0.4, -0.2) is 28.5 Å². The van der Waals surface area contributed by atoms with E-state index in [1.807, 2.05) is 12.1 Å². The fourth-order valence-corrected chi connectivity index (χ4v) is 3.43. The molecule has 0 aliphatic carbocycles. The molecule has 0 aromatic heterocycles. The van der Waals surface area contributed by atoms with Gasteiger partial charge < -0.3 is 5.73 Å². The lowest BCUT2D eigenvalue weighted by Crippen LogP contribution is -2.26. The number of rotatable bonds is 2. The summed E-state index contributed by atoms with van der Waals surface area (Å²) in [7, 11) is 0. The molecule has 1 aromatic carbocycles. The molecule has 0 bridgehead atoms. The molecule has 1 saturated heterocycles. The maximum atomic E-state index is 5.94. The number of hydrogen-bond acceptors (Lipinski definition) is 3. The normalized spacial score (nSPS) is 20.6. The van der Waals surface area contributed by atoms with Crippen molar-refractivity contribution in [3.8, 4) is 0 Å². The van der Waals surface area contributed by atoms with E-state index in [1.54, 1.807) is 0 Å². The first-order valence-corrected chi connectivity index (χ1v) is 7.73. The highest BCUT2D eigenvalue weighted by atomic mass is 35.5. The first-order chi connectivity index (χ1) is 8.46. The van der Waals surface area contributed by atoms with Gasteiger partial charge in [0.25, 0.3) is 0 Å². The highest BCUT2D eigenvalue weighted by molar-refractivity contribution is 8.00. The molecular weight excluding hydrogens is 264 g/mol. The van der Waals surface area contributed by atoms with Gasteiger partial charge in [-0.2, -0.15) is 11.8 Å². The smallest absolute Gasteiger partial charge is 0.0635 e. The lowest BCUT2D eigenvalue weighted by molar-refractivity contribution is 0.276. The Morgan fingerprint density at radius 2 is 2.17 bits per heavy atom. The van der Waals surface area contributed by atoms with E-state index in [0.717, 1.165) is 19.6 Å². The molecule has 0 amide bonds. The van der Waals surface area contributed by atoms with Crippen molar-refractivity contribution in [2.24, 2.45) is 0 Å². The number of halogens is 1. The van der Waals surface area contributed by atoms with Crippen LogP contribution in [0.25, 0.3) is 0 Å². The second-order valence-corrected chi connectivity index (χ2v) is 7.70. The summed E-state index contributed by atoms with van der Waals surface area (Å²) in [5.41, 5.74) is 7.78. The Kier molecular flexibility index (Phi) is 4.46. The van der Waals surface area contributed by atoms with Crippen LogP contribution in [-0.2, 0) is 6.54 Å². The molecule has 1 fully saturated rings. The van der Waals surface area contributed by atoms with E-state index in [4.69, 9.17) is 17.3 Å². The zero-order valence-corrected chi connectivity index (χ0v) is 12.7. The molecule has 2 rings (SSSR count). The lowest BCUT2D eigenvalue weighted by Gasteiger charge is -2.22. The Hall–Kier alpha value is -0.380. The van der Waals surface area contributed by atoms with Crippen LogP contribution in [0.3, 0.4) is 0 Å². The molecule has 18 heavy (non-hydrogen) atoms. The highest BCUT2D eigenvalue weighted by Crippen LogP contribution is 2.31. The van der Waals surface area contributed by atoms with Gasteiger partial charge in [0.1, 0.15) is 0 Å². The van der Waals surface area contributed by atoms with Crippen LogP contribution in [0.2, 0.25) is 5.02 Å². The summed E-state index contributed by atoms with van der Waals surface area (Å²) < 4.78 is 0.410. The van der Waals surface area contributed by atoms with E-state index in [0.29, 0.717) is 15.5 Å². The van der Waals surface area contributed by atoms with Crippen molar-refractivity contribution < 1.29 is 0 Å². The topological polar surface area (TPSA) is 29.3 Å². The number of benzene rings is 1. The monoisotopic (exact) mass is 284 g/mol. The summed E-state index contributed by atoms with van der Waals surface area (Å²) in [5.74, 6) is 1.20. The van der Waals surface area contributed by atoms with Crippen molar-refractivity contribution >= 4 is 29.1 Å². The Balaban J connectivity index is 1.98. The first kappa shape index (κ1) is 14.0. The van der Waals surface area contributed by atoms with E-state index < -0.39 is 0 Å². The number of anilines is 1. The van der Waals surface area contributed by atoms with Gasteiger partial charge in [-0.15, -0.1) is 0 Å². The Morgan fingerprint density at radius 3 is 2.89 bits per heavy atom. The number of nitrogens with two attached hydrogens (primary N) is 1. The minimum atomic E-state index is 0.410. The first-order valence-electron chi connectivity index (χ1n) is 6.36. The molecule has 0 atom stereocenters. The van der Waals surface area contributed by atoms with Crippen LogP contribution >= 0.6 is 23.4 Å². The summed E-state index contributed by atoms with van der Waals surface area (Å²) in [6.07, 6.45) is 1.24. The average Bonchev–Trinajstić information content (AvgIpc) is 2.46. The van der Waals surface area contributed by atoms with E-state index in [9.17, 15) is 0 Å². The second-order valence-electron chi connectivity index (χ2n) is 5.49. The predicted molar refractivity (Wildman–Crippen MR) is 82.3 cm³/mol. The zero-order chi connectivity index (χ0) is 13.2. The van der Waals surface area contributed by atoms with Crippen molar-refractivity contribution in [3.63, 3.8) is 0 Å². The number of nitrogens with zero attached hydrogens (tertiary/aromatic N) is 1. The summed E-state index contributed by atoms with van der Waals surface area (Å²) >= 11 is 8.02. The van der Waals surface area contributed by atoms with Gasteiger partial charge in [0.15, 0.2) is 0 Å². The van der Waals surface area contributed by atoms with E-state index in [-0.39, 0.29) is 0 Å². The highest BCUT2D eigenvalue weighted by Gasteiger charge is 2.23. The molecule has 0 spiro atoms. The summed E-state index contributed by atoms with van der Waals surface area (Å²) in [4.78, 5) is 2.50. The fraction of sp³-hybridized carbons (Fsp3) is 0.571. The van der Waals surface area contributed by atoms with Crippen molar-refractivity contribution in [3.05, 3.63) is 28.8 Å². The van der Waals surface area contributed by atoms with Gasteiger partial charge in [-0.1, -0.05) is 31.5 Å². The molecule has 100 valence electrons. The van der Waals surface area contributed by atoms with Gasteiger partial charge >= 0.3 is 0 Å². The molecule has 1 heterocycles. The van der Waals surface area contributed by atoms with Crippen LogP contribution in [0.15, 0.2) is 18.2 Å². The number of hydrogen-bond donors (Lipinski definition) is 1. The quantitative estimate of drug-likeness (QED) is 0.841. The minimum absolute atomic E-state index is 0.410. The molecule has 0 saturated carbocycles. The van der Waals surface area contributed by atoms with Crippen LogP contribution in [0.4, 0.5) is 5.69 Å². The standard InChI is InChI=1S/C14H21ClN2S/c1-14(2)5-6-17(7-8-18-14)10-11-3-4-12(15)13(16)9-11/h3-4,9H,5-8,10,16H2,1-2H3. The fourth-order valence-electron chi connectivity index (χ4n) is 2.17. The van der Waals surface area contributed by atoms with Gasteiger partial charge in [0.2, 0.25) is 0 Å². The number of thioether (sulfide) groups is 1. The summed E-state index contributed by atoms with van der Waals surface area (Å²) in [5, 5.41) is 0.645. The van der Waals surface area contributed by atoms with Crippen molar-refractivity contribution in [1.82, 2.24) is 4.90 Å². The Labute approximate surface area is 119 Å². The Morgan fingerprint density at radius 1 is 1.39 bits per heavy atom. The minimum Gasteiger partial charge on any atom is -0.398 e. The average molecular weight is 285 g/mol. The van der Waals surface area contributed by atoms with Gasteiger partial charge in [-0.3, -0.25) is 4.90 Å². The molecular formula is C14H21ClN2S. The third-order valence-electron chi connectivity index (χ3n) is 3.40. The lowest BCUT2D eigenvalue weighted by atomic mass is 10.1. The third kappa shape index (κ3) is 3.81. The van der Waals surface area contributed by atoms with Crippen molar-refractivity contribution in [2.45, 2.75) is 31.6 Å². The summed E-state index contributed by atoms with van der Waals surface area (Å²) in [6.45, 7) is 7.94. The van der Waals surface area contributed by atoms with Crippen molar-refractivity contribution in [2.75, 3.05) is 24.6 Å². The van der Waals surface area contributed by atoms with Gasteiger partial charge in [0, 0.05) is 23.6 Å². The molecule has 4 heteroatoms. The molecule has 2 N–H and O–H groups in total. The van der Waals surface area contributed by atoms with E-state index in [1.165, 1.54) is 17.7 Å². The Bertz CT molecular complexity index is 420. The van der Waals surface area contributed by atoms with E-state index in [2.05, 4.69) is 36.6 Å². The largest absolute Gasteiger partial charge is 0.398 e. The van der Waals surface area contributed by atoms with Gasteiger partial charge in [-0.05, 0) is 30.7 Å². The van der Waals surface area contributed by atoms with Gasteiger partial charge in [-0.25, -0.2) is 0 Å². The molecule has 2 nitrogen and oxygen atoms in total. The van der Waals surface area contributed by atoms with Crippen LogP contribution in [0.1, 0.15) is 25.8 Å². The number of nitrogen functional groups attached to an aromatic ring is 1. The third-order valence-corrected chi connectivity index (χ3v) is 5.11. The van der Waals surface area contributed by atoms with Crippen LogP contribution in [0.5, 0.6) is 0 Å². The maximum absolute atomic E-state index is 5.94. The molecule has 1 aliphatic rings. The van der Waals surface area contributed by atoms with Crippen LogP contribution < -0.4 is 5.73 Å². The van der Waals surface area contributed by atoms with Gasteiger partial charge in [0.05, 0.1) is 10.7 Å². The zero-order valence-electron chi connectivity index (χ0n) is 11.1. The van der Waals surface area contributed by atoms with E-state index >= 15 is 0 Å². The summed E-state index contributed by atoms with van der Waals surface area (Å²) in [6, 6.07) is 5.95. The SMILES string of the molecule is CC1(C)CCN(Cc2ccc(Cl)c(N)c2)CCS1. The second kappa shape index (κ2) is 5.72. The van der Waals surface area contributed by atoms with Crippen LogP contribution in [0, 0.1) is 0 Å². The van der Waals surface area contributed by atoms with Crippen molar-refractivity contribution in [1.29, 1.82) is 0 Å². The predicted octanol–water partition coefficient (Wildman–Crippen LogP) is 3.64. The molecule has 1 aromatic rings. The molecule has 0 radical (unpaired) electrons.